The quantitative estimate of drug-likeness (QED) is 0.180. The number of fused-ring (bicyclic) bond motifs is 1. The van der Waals surface area contributed by atoms with Gasteiger partial charge in [0.25, 0.3) is 5.91 Å². The van der Waals surface area contributed by atoms with Gasteiger partial charge in [0.05, 0.1) is 17.8 Å². The average Bonchev–Trinajstić information content (AvgIpc) is 3.60. The summed E-state index contributed by atoms with van der Waals surface area (Å²) in [5.74, 6) is -3.21. The molecule has 5 amide bonds. The van der Waals surface area contributed by atoms with Crippen LogP contribution in [0.4, 0.5) is 4.79 Å². The highest BCUT2D eigenvalue weighted by Crippen LogP contribution is 2.65. The van der Waals surface area contributed by atoms with Crippen molar-refractivity contribution in [2.24, 2.45) is 40.2 Å². The van der Waals surface area contributed by atoms with Crippen LogP contribution in [0.5, 0.6) is 0 Å². The Morgan fingerprint density at radius 2 is 1.72 bits per heavy atom. The van der Waals surface area contributed by atoms with E-state index < -0.39 is 59.1 Å². The van der Waals surface area contributed by atoms with Gasteiger partial charge in [0.1, 0.15) is 12.1 Å². The SMILES string of the molecule is CC(C)[C@H](NC(=O)N[C@H](C(=O)N1C[C@H]2[C@@H]([C@H]1C(=O)NC(CC1CC1)C(=O)C(N)=O)C2(C)C)C(C)(C)C)C(=O)c1ccc[nH]1. The molecule has 1 aromatic rings. The van der Waals surface area contributed by atoms with Crippen molar-refractivity contribution in [3.63, 3.8) is 0 Å². The van der Waals surface area contributed by atoms with E-state index in [0.717, 1.165) is 12.8 Å². The molecule has 236 valence electrons. The Bertz CT molecular complexity index is 1280. The van der Waals surface area contributed by atoms with Crippen molar-refractivity contribution in [3.8, 4) is 0 Å². The molecule has 0 aromatic carbocycles. The smallest absolute Gasteiger partial charge is 0.316 e. The van der Waals surface area contributed by atoms with Gasteiger partial charge in [-0.15, -0.1) is 0 Å². The molecule has 4 rings (SSSR count). The van der Waals surface area contributed by atoms with E-state index in [2.05, 4.69) is 20.9 Å². The number of amides is 5. The zero-order valence-corrected chi connectivity index (χ0v) is 26.2. The maximum Gasteiger partial charge on any atom is 0.316 e. The number of nitrogens with one attached hydrogen (secondary N) is 4. The molecule has 2 saturated carbocycles. The second-order valence-electron chi connectivity index (χ2n) is 14.4. The minimum atomic E-state index is -1.10. The van der Waals surface area contributed by atoms with Gasteiger partial charge in [0.15, 0.2) is 0 Å². The molecule has 3 aliphatic rings. The first-order valence-electron chi connectivity index (χ1n) is 15.1. The van der Waals surface area contributed by atoms with E-state index in [4.69, 9.17) is 5.73 Å². The third kappa shape index (κ3) is 6.78. The fourth-order valence-electron chi connectivity index (χ4n) is 6.48. The van der Waals surface area contributed by atoms with E-state index >= 15 is 0 Å². The number of carbonyl (C=O) groups is 6. The Kier molecular flexibility index (Phi) is 8.82. The molecular formula is C31H46N6O6. The molecule has 12 heteroatoms. The van der Waals surface area contributed by atoms with Gasteiger partial charge in [-0.3, -0.25) is 24.0 Å². The summed E-state index contributed by atoms with van der Waals surface area (Å²) in [4.78, 5) is 82.9. The molecule has 0 radical (unpaired) electrons. The Morgan fingerprint density at radius 3 is 2.23 bits per heavy atom. The van der Waals surface area contributed by atoms with E-state index in [1.54, 1.807) is 18.3 Å². The van der Waals surface area contributed by atoms with Gasteiger partial charge in [0.2, 0.25) is 23.4 Å². The van der Waals surface area contributed by atoms with E-state index in [1.807, 2.05) is 48.5 Å². The lowest BCUT2D eigenvalue weighted by molar-refractivity contribution is -0.145. The molecule has 1 unspecified atom stereocenters. The summed E-state index contributed by atoms with van der Waals surface area (Å²) in [6, 6.07) is -1.10. The lowest BCUT2D eigenvalue weighted by atomic mass is 9.85. The first-order chi connectivity index (χ1) is 19.9. The molecule has 1 aromatic heterocycles. The van der Waals surface area contributed by atoms with Gasteiger partial charge in [-0.25, -0.2) is 4.79 Å². The summed E-state index contributed by atoms with van der Waals surface area (Å²) in [6.07, 6.45) is 3.79. The molecule has 0 bridgehead atoms. The molecule has 43 heavy (non-hydrogen) atoms. The normalized spacial score (nSPS) is 24.4. The summed E-state index contributed by atoms with van der Waals surface area (Å²) in [5, 5.41) is 8.28. The van der Waals surface area contributed by atoms with Crippen LogP contribution in [0, 0.1) is 34.5 Å². The van der Waals surface area contributed by atoms with Crippen molar-refractivity contribution >= 4 is 35.3 Å². The number of aromatic amines is 1. The average molecular weight is 599 g/mol. The maximum absolute atomic E-state index is 14.2. The molecule has 6 N–H and O–H groups in total. The lowest BCUT2D eigenvalue weighted by Gasteiger charge is -2.38. The number of carbonyl (C=O) groups excluding carboxylic acids is 6. The highest BCUT2D eigenvalue weighted by molar-refractivity contribution is 6.37. The number of nitrogens with two attached hydrogens (primary N) is 1. The maximum atomic E-state index is 14.2. The highest BCUT2D eigenvalue weighted by atomic mass is 16.2. The minimum absolute atomic E-state index is 0.0686. The zero-order chi connectivity index (χ0) is 32.0. The second-order valence-corrected chi connectivity index (χ2v) is 14.4. The fraction of sp³-hybridized carbons (Fsp3) is 0.677. The summed E-state index contributed by atoms with van der Waals surface area (Å²) in [7, 11) is 0. The highest BCUT2D eigenvalue weighted by Gasteiger charge is 2.70. The summed E-state index contributed by atoms with van der Waals surface area (Å²) in [6.45, 7) is 13.5. The number of likely N-dealkylation sites (tertiary alicyclic amines) is 1. The lowest BCUT2D eigenvalue weighted by Crippen LogP contribution is -2.62. The van der Waals surface area contributed by atoms with Crippen molar-refractivity contribution in [3.05, 3.63) is 24.0 Å². The number of ketones is 2. The number of hydrogen-bond donors (Lipinski definition) is 5. The van der Waals surface area contributed by atoms with E-state index in [9.17, 15) is 28.8 Å². The van der Waals surface area contributed by atoms with Crippen LogP contribution < -0.4 is 21.7 Å². The number of aromatic nitrogens is 1. The number of rotatable bonds is 12. The molecule has 3 fully saturated rings. The molecule has 2 aliphatic carbocycles. The van der Waals surface area contributed by atoms with Gasteiger partial charge in [-0.2, -0.15) is 0 Å². The predicted octanol–water partition coefficient (Wildman–Crippen LogP) is 1.76. The summed E-state index contributed by atoms with van der Waals surface area (Å²) >= 11 is 0. The van der Waals surface area contributed by atoms with Crippen LogP contribution in [0.15, 0.2) is 18.3 Å². The Balaban J connectivity index is 1.53. The van der Waals surface area contributed by atoms with Crippen LogP contribution in [0.25, 0.3) is 0 Å². The number of urea groups is 1. The first kappa shape index (κ1) is 32.2. The topological polar surface area (TPSA) is 184 Å². The van der Waals surface area contributed by atoms with Crippen molar-refractivity contribution in [1.29, 1.82) is 0 Å². The standard InChI is InChI=1S/C31H46N6O6/c1-15(2)21(23(38)18-9-8-12-33-18)35-29(43)36-25(30(3,4)5)28(42)37-14-17-20(31(17,6)7)22(37)27(41)34-19(13-16-10-11-16)24(39)26(32)40/h8-9,12,15-17,19-22,25,33H,10-11,13-14H2,1-7H3,(H2,32,40)(H,34,41)(H2,35,36,43)/t17-,19?,20-,21-,22-,25+/m0/s1. The van der Waals surface area contributed by atoms with E-state index in [-0.39, 0.29) is 34.9 Å². The third-order valence-corrected chi connectivity index (χ3v) is 9.39. The number of nitrogens with zero attached hydrogens (tertiary/aromatic N) is 1. The number of piperidine rings is 1. The number of Topliss-reactive ketones (excluding diaryl/α,β-unsaturated/α-hetero) is 2. The van der Waals surface area contributed by atoms with Crippen LogP contribution in [0.2, 0.25) is 0 Å². The Labute approximate surface area is 252 Å². The van der Waals surface area contributed by atoms with Gasteiger partial charge in [0, 0.05) is 12.7 Å². The molecule has 2 heterocycles. The summed E-state index contributed by atoms with van der Waals surface area (Å²) in [5.41, 5.74) is 4.71. The van der Waals surface area contributed by atoms with Gasteiger partial charge in [-0.1, -0.05) is 61.3 Å². The molecule has 1 saturated heterocycles. The second kappa shape index (κ2) is 11.8. The van der Waals surface area contributed by atoms with Crippen molar-refractivity contribution in [1.82, 2.24) is 25.8 Å². The van der Waals surface area contributed by atoms with Crippen LogP contribution in [0.1, 0.15) is 78.2 Å². The Hall–Kier alpha value is -3.70. The van der Waals surface area contributed by atoms with Gasteiger partial charge < -0.3 is 31.6 Å². The minimum Gasteiger partial charge on any atom is -0.363 e. The Morgan fingerprint density at radius 1 is 1.07 bits per heavy atom. The molecule has 12 nitrogen and oxygen atoms in total. The van der Waals surface area contributed by atoms with Crippen molar-refractivity contribution in [2.45, 2.75) is 91.9 Å². The van der Waals surface area contributed by atoms with Crippen molar-refractivity contribution < 1.29 is 28.8 Å². The van der Waals surface area contributed by atoms with Crippen LogP contribution in [0.3, 0.4) is 0 Å². The molecule has 1 aliphatic heterocycles. The number of primary amides is 1. The summed E-state index contributed by atoms with van der Waals surface area (Å²) < 4.78 is 0. The van der Waals surface area contributed by atoms with E-state index in [1.165, 1.54) is 4.90 Å². The van der Waals surface area contributed by atoms with Crippen LogP contribution in [-0.4, -0.2) is 75.9 Å². The van der Waals surface area contributed by atoms with Crippen LogP contribution in [-0.2, 0) is 19.2 Å². The van der Waals surface area contributed by atoms with Crippen LogP contribution >= 0.6 is 0 Å². The third-order valence-electron chi connectivity index (χ3n) is 9.39. The van der Waals surface area contributed by atoms with Crippen molar-refractivity contribution in [2.75, 3.05) is 6.54 Å². The van der Waals surface area contributed by atoms with Gasteiger partial charge in [-0.05, 0) is 53.1 Å². The molecule has 6 atom stereocenters. The van der Waals surface area contributed by atoms with Gasteiger partial charge >= 0.3 is 6.03 Å². The zero-order valence-electron chi connectivity index (χ0n) is 26.2. The molecule has 0 spiro atoms. The number of hydrogen-bond acceptors (Lipinski definition) is 6. The largest absolute Gasteiger partial charge is 0.363 e. The monoisotopic (exact) mass is 598 g/mol. The predicted molar refractivity (Wildman–Crippen MR) is 158 cm³/mol. The van der Waals surface area contributed by atoms with E-state index in [0.29, 0.717) is 18.7 Å². The first-order valence-corrected chi connectivity index (χ1v) is 15.1. The molecular weight excluding hydrogens is 552 g/mol. The number of H-pyrrole nitrogens is 1. The fourth-order valence-corrected chi connectivity index (χ4v) is 6.48.